The van der Waals surface area contributed by atoms with Gasteiger partial charge in [0.15, 0.2) is 5.58 Å². The van der Waals surface area contributed by atoms with Crippen LogP contribution in [-0.2, 0) is 16.1 Å². The van der Waals surface area contributed by atoms with E-state index < -0.39 is 5.76 Å². The molecular formula is C15H17N3O4. The lowest BCUT2D eigenvalue weighted by Gasteiger charge is -2.30. The van der Waals surface area contributed by atoms with Crippen LogP contribution in [0.5, 0.6) is 0 Å². The van der Waals surface area contributed by atoms with E-state index in [0.717, 1.165) is 0 Å². The van der Waals surface area contributed by atoms with E-state index in [9.17, 15) is 14.4 Å². The van der Waals surface area contributed by atoms with Crippen molar-refractivity contribution in [3.8, 4) is 0 Å². The first-order chi connectivity index (χ1) is 10.6. The zero-order valence-electron chi connectivity index (χ0n) is 12.0. The van der Waals surface area contributed by atoms with Crippen LogP contribution in [0, 0.1) is 5.92 Å². The average Bonchev–Trinajstić information content (AvgIpc) is 2.83. The van der Waals surface area contributed by atoms with Crippen molar-refractivity contribution in [2.75, 3.05) is 13.1 Å². The molecule has 0 unspecified atom stereocenters. The number of nitrogens with two attached hydrogens (primary N) is 1. The Morgan fingerprint density at radius 1 is 1.23 bits per heavy atom. The van der Waals surface area contributed by atoms with Crippen molar-refractivity contribution in [3.63, 3.8) is 0 Å². The van der Waals surface area contributed by atoms with Crippen LogP contribution in [0.4, 0.5) is 0 Å². The fourth-order valence-electron chi connectivity index (χ4n) is 2.81. The largest absolute Gasteiger partial charge is 0.420 e. The highest BCUT2D eigenvalue weighted by molar-refractivity contribution is 5.80. The first-order valence-corrected chi connectivity index (χ1v) is 7.21. The molecule has 22 heavy (non-hydrogen) atoms. The molecule has 1 aromatic carbocycles. The molecule has 0 aliphatic carbocycles. The number of primary amides is 1. The van der Waals surface area contributed by atoms with Crippen molar-refractivity contribution in [3.05, 3.63) is 34.8 Å². The van der Waals surface area contributed by atoms with E-state index in [0.29, 0.717) is 37.0 Å². The van der Waals surface area contributed by atoms with Crippen molar-refractivity contribution in [1.29, 1.82) is 0 Å². The molecule has 1 aliphatic heterocycles. The minimum Gasteiger partial charge on any atom is -0.408 e. The first-order valence-electron chi connectivity index (χ1n) is 7.21. The van der Waals surface area contributed by atoms with Crippen LogP contribution >= 0.6 is 0 Å². The summed E-state index contributed by atoms with van der Waals surface area (Å²) >= 11 is 0. The van der Waals surface area contributed by atoms with Gasteiger partial charge in [0.25, 0.3) is 0 Å². The maximum Gasteiger partial charge on any atom is 0.420 e. The summed E-state index contributed by atoms with van der Waals surface area (Å²) in [5, 5.41) is 0. The number of likely N-dealkylation sites (tertiary alicyclic amines) is 1. The minimum absolute atomic E-state index is 0.0584. The second kappa shape index (κ2) is 5.67. The number of amides is 2. The van der Waals surface area contributed by atoms with Gasteiger partial charge in [-0.3, -0.25) is 14.2 Å². The molecule has 7 nitrogen and oxygen atoms in total. The monoisotopic (exact) mass is 303 g/mol. The summed E-state index contributed by atoms with van der Waals surface area (Å²) in [5.41, 5.74) is 6.35. The van der Waals surface area contributed by atoms with Gasteiger partial charge in [-0.2, -0.15) is 0 Å². The number of para-hydroxylation sites is 2. The van der Waals surface area contributed by atoms with Gasteiger partial charge in [-0.15, -0.1) is 0 Å². The van der Waals surface area contributed by atoms with Crippen molar-refractivity contribution >= 4 is 22.9 Å². The second-order valence-corrected chi connectivity index (χ2v) is 5.48. The van der Waals surface area contributed by atoms with Crippen LogP contribution < -0.4 is 11.5 Å². The lowest BCUT2D eigenvalue weighted by molar-refractivity contribution is -0.135. The van der Waals surface area contributed by atoms with Crippen LogP contribution in [0.1, 0.15) is 12.8 Å². The Hall–Kier alpha value is -2.57. The highest BCUT2D eigenvalue weighted by Gasteiger charge is 2.26. The summed E-state index contributed by atoms with van der Waals surface area (Å²) in [6, 6.07) is 6.99. The van der Waals surface area contributed by atoms with Crippen LogP contribution in [0.2, 0.25) is 0 Å². The van der Waals surface area contributed by atoms with E-state index in [1.54, 1.807) is 29.2 Å². The van der Waals surface area contributed by atoms with E-state index >= 15 is 0 Å². The lowest BCUT2D eigenvalue weighted by atomic mass is 9.96. The Labute approximate surface area is 126 Å². The summed E-state index contributed by atoms with van der Waals surface area (Å²) in [4.78, 5) is 37.0. The Balaban J connectivity index is 1.73. The molecule has 116 valence electrons. The van der Waals surface area contributed by atoms with Gasteiger partial charge in [0.05, 0.1) is 5.52 Å². The molecule has 0 spiro atoms. The van der Waals surface area contributed by atoms with E-state index in [4.69, 9.17) is 10.2 Å². The number of rotatable bonds is 3. The summed E-state index contributed by atoms with van der Waals surface area (Å²) in [6.07, 6.45) is 1.14. The predicted octanol–water partition coefficient (Wildman–Crippen LogP) is 0.318. The molecule has 2 aromatic rings. The van der Waals surface area contributed by atoms with E-state index in [1.807, 2.05) is 0 Å². The maximum atomic E-state index is 12.3. The Morgan fingerprint density at radius 2 is 1.91 bits per heavy atom. The number of hydrogen-bond donors (Lipinski definition) is 1. The van der Waals surface area contributed by atoms with Gasteiger partial charge >= 0.3 is 5.76 Å². The van der Waals surface area contributed by atoms with Gasteiger partial charge in [0.2, 0.25) is 11.8 Å². The summed E-state index contributed by atoms with van der Waals surface area (Å²) < 4.78 is 6.44. The Bertz CT molecular complexity index is 768. The van der Waals surface area contributed by atoms with Gasteiger partial charge in [-0.25, -0.2) is 4.79 Å². The molecule has 1 fully saturated rings. The standard InChI is InChI=1S/C15H17N3O4/c16-14(20)10-5-7-17(8-6-10)13(19)9-18-11-3-1-2-4-12(11)22-15(18)21/h1-4,10H,5-9H2,(H2,16,20). The molecule has 1 aliphatic rings. The number of aromatic nitrogens is 1. The third-order valence-corrected chi connectivity index (χ3v) is 4.12. The maximum absolute atomic E-state index is 12.3. The fraction of sp³-hybridized carbons (Fsp3) is 0.400. The number of fused-ring (bicyclic) bond motifs is 1. The molecule has 2 amide bonds. The van der Waals surface area contributed by atoms with Crippen molar-refractivity contribution < 1.29 is 14.0 Å². The summed E-state index contributed by atoms with van der Waals surface area (Å²) in [5.74, 6) is -1.18. The number of carbonyl (C=O) groups excluding carboxylic acids is 2. The molecule has 2 N–H and O–H groups in total. The number of piperidine rings is 1. The topological polar surface area (TPSA) is 98.5 Å². The van der Waals surface area contributed by atoms with Crippen LogP contribution in [0.3, 0.4) is 0 Å². The SMILES string of the molecule is NC(=O)C1CCN(C(=O)Cn2c(=O)oc3ccccc32)CC1. The normalized spacial score (nSPS) is 16.1. The van der Waals surface area contributed by atoms with Crippen LogP contribution in [0.15, 0.2) is 33.5 Å². The Kier molecular flexibility index (Phi) is 3.70. The predicted molar refractivity (Wildman–Crippen MR) is 79.0 cm³/mol. The third kappa shape index (κ3) is 2.61. The zero-order chi connectivity index (χ0) is 15.7. The number of oxazole rings is 1. The van der Waals surface area contributed by atoms with Gasteiger partial charge in [0.1, 0.15) is 6.54 Å². The molecule has 1 saturated heterocycles. The molecule has 0 bridgehead atoms. The quantitative estimate of drug-likeness (QED) is 0.882. The molecule has 0 saturated carbocycles. The lowest BCUT2D eigenvalue weighted by Crippen LogP contribution is -2.43. The van der Waals surface area contributed by atoms with Crippen LogP contribution in [0.25, 0.3) is 11.1 Å². The van der Waals surface area contributed by atoms with Crippen molar-refractivity contribution in [1.82, 2.24) is 9.47 Å². The van der Waals surface area contributed by atoms with Crippen LogP contribution in [-0.4, -0.2) is 34.4 Å². The second-order valence-electron chi connectivity index (χ2n) is 5.48. The fourth-order valence-corrected chi connectivity index (χ4v) is 2.81. The molecule has 7 heteroatoms. The van der Waals surface area contributed by atoms with Gasteiger partial charge < -0.3 is 15.1 Å². The average molecular weight is 303 g/mol. The van der Waals surface area contributed by atoms with E-state index in [-0.39, 0.29) is 24.3 Å². The molecule has 1 aromatic heterocycles. The number of nitrogens with zero attached hydrogens (tertiary/aromatic N) is 2. The first kappa shape index (κ1) is 14.4. The molecular weight excluding hydrogens is 286 g/mol. The summed E-state index contributed by atoms with van der Waals surface area (Å²) in [6.45, 7) is 0.908. The molecule has 2 heterocycles. The number of hydrogen-bond acceptors (Lipinski definition) is 4. The number of carbonyl (C=O) groups is 2. The van der Waals surface area contributed by atoms with Gasteiger partial charge in [0, 0.05) is 19.0 Å². The van der Waals surface area contributed by atoms with E-state index in [1.165, 1.54) is 4.57 Å². The Morgan fingerprint density at radius 3 is 2.59 bits per heavy atom. The smallest absolute Gasteiger partial charge is 0.408 e. The van der Waals surface area contributed by atoms with E-state index in [2.05, 4.69) is 0 Å². The van der Waals surface area contributed by atoms with Crippen molar-refractivity contribution in [2.45, 2.75) is 19.4 Å². The molecule has 0 atom stereocenters. The highest BCUT2D eigenvalue weighted by atomic mass is 16.4. The number of benzene rings is 1. The highest BCUT2D eigenvalue weighted by Crippen LogP contribution is 2.17. The minimum atomic E-state index is -0.540. The summed E-state index contributed by atoms with van der Waals surface area (Å²) in [7, 11) is 0. The van der Waals surface area contributed by atoms with Crippen molar-refractivity contribution in [2.24, 2.45) is 11.7 Å². The van der Waals surface area contributed by atoms with Gasteiger partial charge in [-0.05, 0) is 25.0 Å². The van der Waals surface area contributed by atoms with Gasteiger partial charge in [-0.1, -0.05) is 12.1 Å². The third-order valence-electron chi connectivity index (χ3n) is 4.12. The zero-order valence-corrected chi connectivity index (χ0v) is 12.0. The molecule has 0 radical (unpaired) electrons. The molecule has 3 rings (SSSR count).